The average Bonchev–Trinajstić information content (AvgIpc) is 3.28. The second-order valence-corrected chi connectivity index (χ2v) is 10.1. The number of hydrogen-bond acceptors (Lipinski definition) is 5. The first kappa shape index (κ1) is 19.6. The fourth-order valence-corrected chi connectivity index (χ4v) is 5.71. The lowest BCUT2D eigenvalue weighted by molar-refractivity contribution is 0.268. The highest BCUT2D eigenvalue weighted by molar-refractivity contribution is 7.84. The molecule has 7 rings (SSSR count). The monoisotopic (exact) mass is 444 g/mol. The van der Waals surface area contributed by atoms with Crippen molar-refractivity contribution in [3.8, 4) is 17.3 Å². The van der Waals surface area contributed by atoms with E-state index < -0.39 is 10.8 Å². The summed E-state index contributed by atoms with van der Waals surface area (Å²) in [5, 5.41) is 14.0. The Labute approximate surface area is 189 Å². The molecule has 3 aliphatic carbocycles. The third kappa shape index (κ3) is 3.23. The summed E-state index contributed by atoms with van der Waals surface area (Å²) in [4.78, 5) is 0.819. The van der Waals surface area contributed by atoms with Gasteiger partial charge in [-0.3, -0.25) is 4.21 Å². The lowest BCUT2D eigenvalue weighted by atomic mass is 9.67. The number of ether oxygens (including phenoxy) is 1. The third-order valence-electron chi connectivity index (χ3n) is 6.80. The highest BCUT2D eigenvalue weighted by atomic mass is 32.2. The quantitative estimate of drug-likeness (QED) is 0.440. The van der Waals surface area contributed by atoms with E-state index in [0.29, 0.717) is 24.3 Å². The summed E-state index contributed by atoms with van der Waals surface area (Å²) < 4.78 is 19.9. The highest BCUT2D eigenvalue weighted by Crippen LogP contribution is 2.53. The number of aromatic nitrogens is 4. The fourth-order valence-electron chi connectivity index (χ4n) is 5.19. The molecule has 1 fully saturated rings. The van der Waals surface area contributed by atoms with Gasteiger partial charge in [-0.1, -0.05) is 42.5 Å². The van der Waals surface area contributed by atoms with Crippen molar-refractivity contribution in [1.82, 2.24) is 19.8 Å². The van der Waals surface area contributed by atoms with E-state index in [1.165, 1.54) is 36.8 Å². The van der Waals surface area contributed by atoms with Crippen molar-refractivity contribution in [2.45, 2.75) is 49.0 Å². The summed E-state index contributed by atoms with van der Waals surface area (Å²) in [7, 11) is -0.983. The summed E-state index contributed by atoms with van der Waals surface area (Å²) in [6.07, 6.45) is 6.44. The van der Waals surface area contributed by atoms with Gasteiger partial charge in [-0.2, -0.15) is 4.52 Å². The topological polar surface area (TPSA) is 69.4 Å². The first-order chi connectivity index (χ1) is 15.7. The van der Waals surface area contributed by atoms with Crippen LogP contribution in [-0.4, -0.2) is 30.3 Å². The van der Waals surface area contributed by atoms with Crippen molar-refractivity contribution >= 4 is 16.4 Å². The number of hydrogen-bond donors (Lipinski definition) is 0. The van der Waals surface area contributed by atoms with Crippen molar-refractivity contribution in [3.05, 3.63) is 71.3 Å². The van der Waals surface area contributed by atoms with Gasteiger partial charge in [-0.25, -0.2) is 0 Å². The molecule has 0 saturated heterocycles. The molecule has 1 atom stereocenters. The third-order valence-corrected chi connectivity index (χ3v) is 7.74. The highest BCUT2D eigenvalue weighted by Gasteiger charge is 2.39. The van der Waals surface area contributed by atoms with Gasteiger partial charge in [0, 0.05) is 38.6 Å². The molecule has 6 nitrogen and oxygen atoms in total. The molecule has 0 spiro atoms. The van der Waals surface area contributed by atoms with Crippen LogP contribution >= 0.6 is 0 Å². The Morgan fingerprint density at radius 1 is 0.938 bits per heavy atom. The van der Waals surface area contributed by atoms with Crippen LogP contribution in [0.25, 0.3) is 17.0 Å². The summed E-state index contributed by atoms with van der Waals surface area (Å²) >= 11 is 0. The zero-order valence-corrected chi connectivity index (χ0v) is 18.7. The molecule has 1 saturated carbocycles. The van der Waals surface area contributed by atoms with Crippen LogP contribution in [0.3, 0.4) is 0 Å². The summed E-state index contributed by atoms with van der Waals surface area (Å²) in [5.74, 6) is 2.41. The molecular weight excluding hydrogens is 420 g/mol. The maximum Gasteiger partial charge on any atom is 0.236 e. The molecule has 2 heterocycles. The lowest BCUT2D eigenvalue weighted by Gasteiger charge is -2.38. The van der Waals surface area contributed by atoms with Crippen LogP contribution in [0.1, 0.15) is 54.2 Å². The van der Waals surface area contributed by atoms with Crippen LogP contribution in [0.15, 0.2) is 59.5 Å². The number of fused-ring (bicyclic) bond motifs is 3. The van der Waals surface area contributed by atoms with E-state index in [0.717, 1.165) is 27.5 Å². The summed E-state index contributed by atoms with van der Waals surface area (Å²) in [6.45, 7) is 0.418. The number of benzene rings is 2. The molecule has 2 aromatic carbocycles. The molecule has 4 aromatic rings. The Balaban J connectivity index is 1.44. The largest absolute Gasteiger partial charge is 0.472 e. The Morgan fingerprint density at radius 2 is 1.62 bits per heavy atom. The molecule has 7 heteroatoms. The second kappa shape index (κ2) is 7.81. The molecule has 0 N–H and O–H groups in total. The molecule has 162 valence electrons. The van der Waals surface area contributed by atoms with Gasteiger partial charge in [0.05, 0.1) is 0 Å². The zero-order chi connectivity index (χ0) is 21.7. The van der Waals surface area contributed by atoms with E-state index in [1.807, 2.05) is 59.1 Å². The molecular formula is C25H24N4O2S. The smallest absolute Gasteiger partial charge is 0.236 e. The van der Waals surface area contributed by atoms with Crippen LogP contribution in [0.5, 0.6) is 5.88 Å². The van der Waals surface area contributed by atoms with Gasteiger partial charge < -0.3 is 4.74 Å². The van der Waals surface area contributed by atoms with Crippen LogP contribution in [0.4, 0.5) is 0 Å². The standard InChI is InChI=1S/C25H24N4O2S/c1-32(30)20-13-7-16(8-14-20)15-31-25-22-18-11-9-17(10-12-18)21(22)24-27-26-23(29(24)28-25)19-5-3-2-4-6-19/h2-8,13-14,17-18H,9-12,15H2,1H3. The van der Waals surface area contributed by atoms with Gasteiger partial charge >= 0.3 is 0 Å². The summed E-state index contributed by atoms with van der Waals surface area (Å²) in [6, 6.07) is 17.8. The minimum atomic E-state index is -0.983. The Bertz CT molecular complexity index is 1310. The van der Waals surface area contributed by atoms with Crippen LogP contribution in [0, 0.1) is 0 Å². The molecule has 32 heavy (non-hydrogen) atoms. The van der Waals surface area contributed by atoms with E-state index in [9.17, 15) is 4.21 Å². The minimum absolute atomic E-state index is 0.418. The number of nitrogens with zero attached hydrogens (tertiary/aromatic N) is 4. The van der Waals surface area contributed by atoms with E-state index >= 15 is 0 Å². The van der Waals surface area contributed by atoms with Gasteiger partial charge in [0.2, 0.25) is 5.88 Å². The lowest BCUT2D eigenvalue weighted by Crippen LogP contribution is -2.25. The van der Waals surface area contributed by atoms with Crippen molar-refractivity contribution in [2.75, 3.05) is 6.26 Å². The van der Waals surface area contributed by atoms with Crippen molar-refractivity contribution in [3.63, 3.8) is 0 Å². The zero-order valence-electron chi connectivity index (χ0n) is 17.9. The van der Waals surface area contributed by atoms with E-state index in [1.54, 1.807) is 6.26 Å². The van der Waals surface area contributed by atoms with E-state index in [-0.39, 0.29) is 0 Å². The Hall–Kier alpha value is -3.06. The van der Waals surface area contributed by atoms with Gasteiger partial charge in [-0.05, 0) is 55.2 Å². The first-order valence-corrected chi connectivity index (χ1v) is 12.6. The van der Waals surface area contributed by atoms with Gasteiger partial charge in [-0.15, -0.1) is 15.3 Å². The SMILES string of the molecule is CS(=O)c1ccc(COc2nn3c(-c4ccccc4)nnc3c3c2C2CCC3CC2)cc1. The maximum atomic E-state index is 11.7. The molecule has 1 unspecified atom stereocenters. The minimum Gasteiger partial charge on any atom is -0.472 e. The fraction of sp³-hybridized carbons (Fsp3) is 0.320. The average molecular weight is 445 g/mol. The second-order valence-electron chi connectivity index (χ2n) is 8.69. The van der Waals surface area contributed by atoms with E-state index in [2.05, 4.69) is 10.2 Å². The van der Waals surface area contributed by atoms with Crippen molar-refractivity contribution in [1.29, 1.82) is 0 Å². The maximum absolute atomic E-state index is 11.7. The molecule has 3 aliphatic rings. The van der Waals surface area contributed by atoms with Gasteiger partial charge in [0.25, 0.3) is 0 Å². The van der Waals surface area contributed by atoms with E-state index in [4.69, 9.17) is 9.84 Å². The van der Waals surface area contributed by atoms with Gasteiger partial charge in [0.15, 0.2) is 11.5 Å². The van der Waals surface area contributed by atoms with Crippen molar-refractivity contribution < 1.29 is 8.95 Å². The van der Waals surface area contributed by atoms with Crippen LogP contribution < -0.4 is 4.74 Å². The van der Waals surface area contributed by atoms with Crippen LogP contribution in [0.2, 0.25) is 0 Å². The molecule has 0 amide bonds. The normalized spacial score (nSPS) is 20.3. The first-order valence-electron chi connectivity index (χ1n) is 11.1. The number of rotatable bonds is 5. The Morgan fingerprint density at radius 3 is 2.31 bits per heavy atom. The molecule has 2 bridgehead atoms. The molecule has 0 radical (unpaired) electrons. The van der Waals surface area contributed by atoms with Crippen molar-refractivity contribution in [2.24, 2.45) is 0 Å². The van der Waals surface area contributed by atoms with Crippen LogP contribution in [-0.2, 0) is 17.4 Å². The molecule has 2 aromatic heterocycles. The molecule has 0 aliphatic heterocycles. The Kier molecular flexibility index (Phi) is 4.79. The predicted molar refractivity (Wildman–Crippen MR) is 123 cm³/mol. The summed E-state index contributed by atoms with van der Waals surface area (Å²) in [5.41, 5.74) is 5.41. The van der Waals surface area contributed by atoms with Gasteiger partial charge in [0.1, 0.15) is 6.61 Å². The predicted octanol–water partition coefficient (Wildman–Crippen LogP) is 4.86.